The van der Waals surface area contributed by atoms with E-state index < -0.39 is 0 Å². The van der Waals surface area contributed by atoms with E-state index in [1.165, 1.54) is 45.7 Å². The maximum absolute atomic E-state index is 13.0. The van der Waals surface area contributed by atoms with E-state index in [1.807, 2.05) is 24.3 Å². The normalized spacial score (nSPS) is 14.2. The van der Waals surface area contributed by atoms with Crippen LogP contribution in [0.4, 0.5) is 10.3 Å². The van der Waals surface area contributed by atoms with Crippen LogP contribution in [-0.4, -0.2) is 61.7 Å². The van der Waals surface area contributed by atoms with E-state index in [0.717, 1.165) is 40.5 Å². The highest BCUT2D eigenvalue weighted by molar-refractivity contribution is 7.21. The predicted octanol–water partition coefficient (Wildman–Crippen LogP) is 4.22. The fraction of sp³-hybridized carbons (Fsp3) is 0.280. The molecule has 6 aromatic rings. The third-order valence-corrected chi connectivity index (χ3v) is 11.0. The van der Waals surface area contributed by atoms with Crippen LogP contribution in [0.2, 0.25) is 0 Å². The van der Waals surface area contributed by atoms with Crippen LogP contribution in [0.25, 0.3) is 30.4 Å². The quantitative estimate of drug-likeness (QED) is 0.275. The molecule has 5 heterocycles. The molecule has 1 saturated heterocycles. The minimum atomic E-state index is -0.131. The van der Waals surface area contributed by atoms with Gasteiger partial charge in [-0.25, -0.2) is 7.91 Å². The fourth-order valence-electron chi connectivity index (χ4n) is 4.68. The van der Waals surface area contributed by atoms with Crippen LogP contribution in [-0.2, 0) is 0 Å². The van der Waals surface area contributed by atoms with Gasteiger partial charge >= 0.3 is 0 Å². The van der Waals surface area contributed by atoms with E-state index in [4.69, 9.17) is 9.47 Å². The van der Waals surface area contributed by atoms with Crippen molar-refractivity contribution in [1.82, 2.24) is 28.3 Å². The summed E-state index contributed by atoms with van der Waals surface area (Å²) in [4.78, 5) is 28.1. The first kappa shape index (κ1) is 26.1. The molecule has 0 unspecified atom stereocenters. The Hall–Kier alpha value is -3.86. The van der Waals surface area contributed by atoms with Gasteiger partial charge in [0.2, 0.25) is 20.5 Å². The molecule has 12 nitrogen and oxygen atoms in total. The Kier molecular flexibility index (Phi) is 6.69. The van der Waals surface area contributed by atoms with Crippen LogP contribution in [0, 0.1) is 0 Å². The van der Waals surface area contributed by atoms with E-state index >= 15 is 0 Å². The highest BCUT2D eigenvalue weighted by Crippen LogP contribution is 2.31. The number of rotatable bonds is 7. The Morgan fingerprint density at radius 3 is 1.88 bits per heavy atom. The van der Waals surface area contributed by atoms with Gasteiger partial charge in [-0.05, 0) is 72.3 Å². The average molecular weight is 627 g/mol. The molecule has 0 amide bonds. The summed E-state index contributed by atoms with van der Waals surface area (Å²) in [6.45, 7) is 1.57. The van der Waals surface area contributed by atoms with Crippen LogP contribution in [0.15, 0.2) is 46.0 Å². The molecule has 1 fully saturated rings. The molecule has 0 spiro atoms. The third kappa shape index (κ3) is 4.75. The van der Waals surface area contributed by atoms with Crippen LogP contribution < -0.4 is 30.8 Å². The van der Waals surface area contributed by atoms with Crippen molar-refractivity contribution in [3.63, 3.8) is 0 Å². The zero-order valence-electron chi connectivity index (χ0n) is 21.8. The molecule has 0 aliphatic carbocycles. The van der Waals surface area contributed by atoms with Crippen LogP contribution in [0.3, 0.4) is 0 Å². The Labute approximate surface area is 248 Å². The summed E-state index contributed by atoms with van der Waals surface area (Å²) in [5.74, 6) is 1.29. The Balaban J connectivity index is 1.01. The lowest BCUT2D eigenvalue weighted by Crippen LogP contribution is -2.39. The summed E-state index contributed by atoms with van der Waals surface area (Å²) in [5.41, 5.74) is -0.252. The number of nitrogens with one attached hydrogen (secondary N) is 1. The van der Waals surface area contributed by atoms with E-state index in [9.17, 15) is 9.59 Å². The minimum Gasteiger partial charge on any atom is -0.497 e. The zero-order chi connectivity index (χ0) is 28.1. The number of hydrogen-bond donors (Lipinski definition) is 1. The molecule has 210 valence electrons. The lowest BCUT2D eigenvalue weighted by atomic mass is 10.1. The van der Waals surface area contributed by atoms with Gasteiger partial charge in [-0.2, -0.15) is 0 Å². The molecule has 1 N–H and O–H groups in total. The molecule has 1 aliphatic heterocycles. The molecule has 2 aromatic carbocycles. The topological polar surface area (TPSA) is 129 Å². The first-order chi connectivity index (χ1) is 20.0. The van der Waals surface area contributed by atoms with Crippen molar-refractivity contribution in [3.05, 3.63) is 57.1 Å². The number of anilines is 2. The average Bonchev–Trinajstić information content (AvgIpc) is 3.80. The fourth-order valence-corrected chi connectivity index (χ4v) is 8.39. The van der Waals surface area contributed by atoms with E-state index in [2.05, 4.69) is 30.6 Å². The second-order valence-electron chi connectivity index (χ2n) is 9.27. The number of hydrogen-bond acceptors (Lipinski definition) is 14. The van der Waals surface area contributed by atoms with Crippen molar-refractivity contribution in [2.24, 2.45) is 0 Å². The second kappa shape index (κ2) is 10.5. The van der Waals surface area contributed by atoms with E-state index in [0.29, 0.717) is 37.7 Å². The smallest absolute Gasteiger partial charge is 0.275 e. The lowest BCUT2D eigenvalue weighted by Gasteiger charge is -2.31. The molecule has 16 heteroatoms. The molecule has 41 heavy (non-hydrogen) atoms. The summed E-state index contributed by atoms with van der Waals surface area (Å²) in [5, 5.41) is 24.5. The zero-order valence-corrected chi connectivity index (χ0v) is 25.0. The van der Waals surface area contributed by atoms with E-state index in [-0.39, 0.29) is 17.2 Å². The third-order valence-electron chi connectivity index (χ3n) is 6.84. The van der Waals surface area contributed by atoms with Gasteiger partial charge < -0.3 is 19.7 Å². The highest BCUT2D eigenvalue weighted by Gasteiger charge is 2.24. The molecular weight excluding hydrogens is 605 g/mol. The van der Waals surface area contributed by atoms with Crippen molar-refractivity contribution in [3.8, 4) is 21.8 Å². The first-order valence-electron chi connectivity index (χ1n) is 12.6. The number of aromatic nitrogens is 6. The van der Waals surface area contributed by atoms with E-state index in [1.54, 1.807) is 34.3 Å². The molecule has 0 bridgehead atoms. The van der Waals surface area contributed by atoms with Crippen LogP contribution in [0.1, 0.15) is 12.8 Å². The maximum atomic E-state index is 13.0. The SMILES string of the molecule is COc1ccc2sn(-c3nnc(NC4CCN(c5nnc(-n6sc7ccc(OC)cc7c6=O)s5)CC4)s3)c(=O)c2c1. The molecule has 1 aliphatic rings. The van der Waals surface area contributed by atoms with Gasteiger partial charge in [0.1, 0.15) is 11.5 Å². The van der Waals surface area contributed by atoms with Gasteiger partial charge in [0.25, 0.3) is 11.1 Å². The number of methoxy groups -OCH3 is 2. The number of nitrogens with zero attached hydrogens (tertiary/aromatic N) is 7. The van der Waals surface area contributed by atoms with Crippen LogP contribution >= 0.6 is 45.7 Å². The van der Waals surface area contributed by atoms with Crippen molar-refractivity contribution >= 4 is 76.2 Å². The summed E-state index contributed by atoms with van der Waals surface area (Å²) in [7, 11) is 3.16. The summed E-state index contributed by atoms with van der Waals surface area (Å²) < 4.78 is 15.4. The van der Waals surface area contributed by atoms with Gasteiger partial charge in [0.15, 0.2) is 0 Å². The molecule has 4 aromatic heterocycles. The van der Waals surface area contributed by atoms with Crippen molar-refractivity contribution in [2.45, 2.75) is 18.9 Å². The molecular formula is C25H22N8O4S4. The van der Waals surface area contributed by atoms with Gasteiger partial charge in [-0.1, -0.05) is 22.7 Å². The Morgan fingerprint density at radius 1 is 0.756 bits per heavy atom. The monoisotopic (exact) mass is 626 g/mol. The van der Waals surface area contributed by atoms with Crippen molar-refractivity contribution in [2.75, 3.05) is 37.5 Å². The molecule has 0 atom stereocenters. The van der Waals surface area contributed by atoms with Gasteiger partial charge in [-0.15, -0.1) is 20.4 Å². The van der Waals surface area contributed by atoms with Gasteiger partial charge in [-0.3, -0.25) is 9.59 Å². The largest absolute Gasteiger partial charge is 0.497 e. The number of ether oxygens (including phenoxy) is 2. The second-order valence-corrected chi connectivity index (χ2v) is 13.1. The lowest BCUT2D eigenvalue weighted by molar-refractivity contribution is 0.415. The molecule has 0 radical (unpaired) electrons. The Morgan fingerprint density at radius 2 is 1.29 bits per heavy atom. The number of piperidine rings is 1. The summed E-state index contributed by atoms with van der Waals surface area (Å²) in [6, 6.07) is 11.2. The minimum absolute atomic E-state index is 0.122. The Bertz CT molecular complexity index is 2000. The summed E-state index contributed by atoms with van der Waals surface area (Å²) >= 11 is 5.46. The molecule has 7 rings (SSSR count). The first-order valence-corrected chi connectivity index (χ1v) is 15.8. The van der Waals surface area contributed by atoms with Crippen molar-refractivity contribution < 1.29 is 9.47 Å². The van der Waals surface area contributed by atoms with Gasteiger partial charge in [0, 0.05) is 19.1 Å². The van der Waals surface area contributed by atoms with Gasteiger partial charge in [0.05, 0.1) is 34.4 Å². The highest BCUT2D eigenvalue weighted by atomic mass is 32.1. The summed E-state index contributed by atoms with van der Waals surface area (Å²) in [6.07, 6.45) is 1.74. The maximum Gasteiger partial charge on any atom is 0.275 e. The predicted molar refractivity (Wildman–Crippen MR) is 164 cm³/mol. The molecule has 0 saturated carbocycles. The number of benzene rings is 2. The van der Waals surface area contributed by atoms with Crippen molar-refractivity contribution in [1.29, 1.82) is 0 Å². The standard InChI is InChI=1S/C25H22N8O4S4/c1-36-14-3-5-18-16(11-14)20(34)32(40-18)24-29-27-22(38-24)26-13-7-9-31(10-8-13)23-28-30-25(39-23)33-21(35)17-12-15(37-2)4-6-19(17)41-33/h3-6,11-13H,7-10H2,1-2H3,(H,26,27). The van der Waals surface area contributed by atoms with Crippen LogP contribution in [0.5, 0.6) is 11.5 Å². The number of fused-ring (bicyclic) bond motifs is 2.